The van der Waals surface area contributed by atoms with Gasteiger partial charge in [0.1, 0.15) is 19.0 Å². The van der Waals surface area contributed by atoms with Crippen LogP contribution in [0, 0.1) is 0 Å². The standard InChI is InChI=1S/C20H24N2O4/c1-3-24-17-7-4-15(5-8-17)14-22(2)20(23)21-13-16-6-9-18-19(12-16)26-11-10-25-18/h4-9,12H,3,10-11,13-14H2,1-2H3,(H,21,23). The van der Waals surface area contributed by atoms with Crippen LogP contribution >= 0.6 is 0 Å². The topological polar surface area (TPSA) is 60.0 Å². The maximum Gasteiger partial charge on any atom is 0.317 e. The van der Waals surface area contributed by atoms with E-state index in [0.29, 0.717) is 32.9 Å². The molecule has 2 aromatic carbocycles. The lowest BCUT2D eigenvalue weighted by Gasteiger charge is -2.20. The van der Waals surface area contributed by atoms with E-state index in [2.05, 4.69) is 5.32 Å². The van der Waals surface area contributed by atoms with Crippen molar-refractivity contribution in [3.8, 4) is 17.2 Å². The van der Waals surface area contributed by atoms with Gasteiger partial charge in [-0.25, -0.2) is 4.79 Å². The average molecular weight is 356 g/mol. The molecule has 0 radical (unpaired) electrons. The third-order valence-electron chi connectivity index (χ3n) is 4.05. The molecule has 6 heteroatoms. The van der Waals surface area contributed by atoms with E-state index in [9.17, 15) is 4.79 Å². The number of fused-ring (bicyclic) bond motifs is 1. The average Bonchev–Trinajstić information content (AvgIpc) is 2.67. The van der Waals surface area contributed by atoms with Crippen molar-refractivity contribution in [1.29, 1.82) is 0 Å². The lowest BCUT2D eigenvalue weighted by Crippen LogP contribution is -2.36. The fourth-order valence-electron chi connectivity index (χ4n) is 2.71. The van der Waals surface area contributed by atoms with Crippen LogP contribution in [0.5, 0.6) is 17.2 Å². The molecular formula is C20H24N2O4. The van der Waals surface area contributed by atoms with Crippen molar-refractivity contribution in [1.82, 2.24) is 10.2 Å². The summed E-state index contributed by atoms with van der Waals surface area (Å²) in [7, 11) is 1.77. The van der Waals surface area contributed by atoms with E-state index in [1.165, 1.54) is 0 Å². The van der Waals surface area contributed by atoms with Crippen LogP contribution in [0.4, 0.5) is 4.79 Å². The van der Waals surface area contributed by atoms with Crippen molar-refractivity contribution >= 4 is 6.03 Å². The second-order valence-corrected chi connectivity index (χ2v) is 6.07. The highest BCUT2D eigenvalue weighted by atomic mass is 16.6. The van der Waals surface area contributed by atoms with E-state index >= 15 is 0 Å². The molecule has 0 aliphatic carbocycles. The Bertz CT molecular complexity index is 746. The van der Waals surface area contributed by atoms with Crippen molar-refractivity contribution in [3.05, 3.63) is 53.6 Å². The molecule has 6 nitrogen and oxygen atoms in total. The van der Waals surface area contributed by atoms with Gasteiger partial charge >= 0.3 is 6.03 Å². The molecule has 0 spiro atoms. The second kappa shape index (κ2) is 8.47. The van der Waals surface area contributed by atoms with Gasteiger partial charge in [0, 0.05) is 20.1 Å². The SMILES string of the molecule is CCOc1ccc(CN(C)C(=O)NCc2ccc3c(c2)OCCO3)cc1. The van der Waals surface area contributed by atoms with Gasteiger partial charge in [0.15, 0.2) is 11.5 Å². The smallest absolute Gasteiger partial charge is 0.317 e. The van der Waals surface area contributed by atoms with Gasteiger partial charge in [-0.2, -0.15) is 0 Å². The number of carbonyl (C=O) groups excluding carboxylic acids is 1. The Kier molecular flexibility index (Phi) is 5.84. The predicted octanol–water partition coefficient (Wildman–Crippen LogP) is 3.20. The lowest BCUT2D eigenvalue weighted by atomic mass is 10.2. The van der Waals surface area contributed by atoms with E-state index in [0.717, 1.165) is 28.4 Å². The van der Waals surface area contributed by atoms with Gasteiger partial charge in [0.05, 0.1) is 6.61 Å². The maximum absolute atomic E-state index is 12.3. The molecule has 3 rings (SSSR count). The summed E-state index contributed by atoms with van der Waals surface area (Å²) in [5.74, 6) is 2.31. The minimum absolute atomic E-state index is 0.131. The number of hydrogen-bond donors (Lipinski definition) is 1. The number of nitrogens with zero attached hydrogens (tertiary/aromatic N) is 1. The van der Waals surface area contributed by atoms with Crippen molar-refractivity contribution in [3.63, 3.8) is 0 Å². The van der Waals surface area contributed by atoms with Gasteiger partial charge in [-0.05, 0) is 42.3 Å². The Balaban J connectivity index is 1.51. The first kappa shape index (κ1) is 17.9. The summed E-state index contributed by atoms with van der Waals surface area (Å²) in [5, 5.41) is 2.92. The van der Waals surface area contributed by atoms with Gasteiger partial charge in [-0.1, -0.05) is 18.2 Å². The molecule has 0 atom stereocenters. The molecule has 0 bridgehead atoms. The molecule has 0 aromatic heterocycles. The van der Waals surface area contributed by atoms with Crippen molar-refractivity contribution in [2.24, 2.45) is 0 Å². The van der Waals surface area contributed by atoms with Crippen LogP contribution < -0.4 is 19.5 Å². The Morgan fingerprint density at radius 3 is 2.50 bits per heavy atom. The number of nitrogens with one attached hydrogen (secondary N) is 1. The molecule has 2 amide bonds. The minimum atomic E-state index is -0.131. The fourth-order valence-corrected chi connectivity index (χ4v) is 2.71. The molecular weight excluding hydrogens is 332 g/mol. The molecule has 1 heterocycles. The highest BCUT2D eigenvalue weighted by molar-refractivity contribution is 5.73. The molecule has 0 saturated carbocycles. The Hall–Kier alpha value is -2.89. The van der Waals surface area contributed by atoms with E-state index < -0.39 is 0 Å². The first-order chi connectivity index (χ1) is 12.7. The van der Waals surface area contributed by atoms with Gasteiger partial charge < -0.3 is 24.4 Å². The number of benzene rings is 2. The molecule has 2 aromatic rings. The Morgan fingerprint density at radius 2 is 1.77 bits per heavy atom. The van der Waals surface area contributed by atoms with Crippen molar-refractivity contribution < 1.29 is 19.0 Å². The minimum Gasteiger partial charge on any atom is -0.494 e. The van der Waals surface area contributed by atoms with Crippen LogP contribution in [-0.4, -0.2) is 37.8 Å². The highest BCUT2D eigenvalue weighted by Gasteiger charge is 2.13. The fraction of sp³-hybridized carbons (Fsp3) is 0.350. The van der Waals surface area contributed by atoms with Crippen molar-refractivity contribution in [2.75, 3.05) is 26.9 Å². The van der Waals surface area contributed by atoms with Gasteiger partial charge in [-0.15, -0.1) is 0 Å². The van der Waals surface area contributed by atoms with Crippen LogP contribution in [0.15, 0.2) is 42.5 Å². The molecule has 0 saturated heterocycles. The summed E-state index contributed by atoms with van der Waals surface area (Å²) in [6.07, 6.45) is 0. The molecule has 1 aliphatic rings. The second-order valence-electron chi connectivity index (χ2n) is 6.07. The molecule has 1 aliphatic heterocycles. The number of urea groups is 1. The summed E-state index contributed by atoms with van der Waals surface area (Å²) in [6.45, 7) is 4.67. The van der Waals surface area contributed by atoms with Crippen molar-refractivity contribution in [2.45, 2.75) is 20.0 Å². The number of hydrogen-bond acceptors (Lipinski definition) is 4. The third-order valence-corrected chi connectivity index (χ3v) is 4.05. The lowest BCUT2D eigenvalue weighted by molar-refractivity contribution is 0.171. The van der Waals surface area contributed by atoms with Gasteiger partial charge in [-0.3, -0.25) is 0 Å². The third kappa shape index (κ3) is 4.59. The largest absolute Gasteiger partial charge is 0.494 e. The zero-order chi connectivity index (χ0) is 18.4. The summed E-state index contributed by atoms with van der Waals surface area (Å²) >= 11 is 0. The number of rotatable bonds is 6. The maximum atomic E-state index is 12.3. The molecule has 0 unspecified atom stereocenters. The molecule has 0 fully saturated rings. The van der Waals surface area contributed by atoms with Gasteiger partial charge in [0.25, 0.3) is 0 Å². The monoisotopic (exact) mass is 356 g/mol. The first-order valence-corrected chi connectivity index (χ1v) is 8.75. The summed E-state index contributed by atoms with van der Waals surface area (Å²) in [6, 6.07) is 13.3. The normalized spacial score (nSPS) is 12.4. The zero-order valence-corrected chi connectivity index (χ0v) is 15.2. The molecule has 26 heavy (non-hydrogen) atoms. The Labute approximate surface area is 153 Å². The zero-order valence-electron chi connectivity index (χ0n) is 15.2. The Morgan fingerprint density at radius 1 is 1.08 bits per heavy atom. The van der Waals surface area contributed by atoms with Gasteiger partial charge in [0.2, 0.25) is 0 Å². The predicted molar refractivity (Wildman–Crippen MR) is 98.7 cm³/mol. The van der Waals surface area contributed by atoms with E-state index in [-0.39, 0.29) is 6.03 Å². The summed E-state index contributed by atoms with van der Waals surface area (Å²) in [5.41, 5.74) is 2.02. The summed E-state index contributed by atoms with van der Waals surface area (Å²) < 4.78 is 16.5. The summed E-state index contributed by atoms with van der Waals surface area (Å²) in [4.78, 5) is 14.0. The van der Waals surface area contributed by atoms with E-state index in [1.807, 2.05) is 49.4 Å². The number of ether oxygens (including phenoxy) is 3. The quantitative estimate of drug-likeness (QED) is 0.863. The van der Waals surface area contributed by atoms with E-state index in [4.69, 9.17) is 14.2 Å². The first-order valence-electron chi connectivity index (χ1n) is 8.75. The van der Waals surface area contributed by atoms with Crippen LogP contribution in [0.3, 0.4) is 0 Å². The molecule has 1 N–H and O–H groups in total. The van der Waals surface area contributed by atoms with Crippen LogP contribution in [-0.2, 0) is 13.1 Å². The van der Waals surface area contributed by atoms with Crippen LogP contribution in [0.2, 0.25) is 0 Å². The molecule has 138 valence electrons. The number of carbonyl (C=O) groups is 1. The van der Waals surface area contributed by atoms with Crippen LogP contribution in [0.1, 0.15) is 18.1 Å². The number of amides is 2. The van der Waals surface area contributed by atoms with E-state index in [1.54, 1.807) is 11.9 Å². The highest BCUT2D eigenvalue weighted by Crippen LogP contribution is 2.30. The van der Waals surface area contributed by atoms with Crippen LogP contribution in [0.25, 0.3) is 0 Å².